The van der Waals surface area contributed by atoms with Crippen molar-refractivity contribution in [3.05, 3.63) is 45.8 Å². The van der Waals surface area contributed by atoms with Crippen LogP contribution in [0.5, 0.6) is 0 Å². The summed E-state index contributed by atoms with van der Waals surface area (Å²) in [5.74, 6) is -2.22. The summed E-state index contributed by atoms with van der Waals surface area (Å²) in [5.41, 5.74) is -0.669. The molecule has 0 unspecified atom stereocenters. The highest BCUT2D eigenvalue weighted by atomic mass is 19.1. The predicted molar refractivity (Wildman–Crippen MR) is 105 cm³/mol. The van der Waals surface area contributed by atoms with Crippen LogP contribution in [0.4, 0.5) is 14.5 Å². The molecular formula is C20H20F2N4O3. The van der Waals surface area contributed by atoms with E-state index in [4.69, 9.17) is 4.74 Å². The molecule has 0 bridgehead atoms. The van der Waals surface area contributed by atoms with Crippen LogP contribution >= 0.6 is 0 Å². The van der Waals surface area contributed by atoms with Crippen molar-refractivity contribution in [2.75, 3.05) is 37.7 Å². The lowest BCUT2D eigenvalue weighted by atomic mass is 10.1. The van der Waals surface area contributed by atoms with Gasteiger partial charge in [0.2, 0.25) is 5.43 Å². The molecule has 3 heterocycles. The minimum Gasteiger partial charge on any atom is -0.462 e. The van der Waals surface area contributed by atoms with Gasteiger partial charge in [-0.25, -0.2) is 18.6 Å². The number of nitrogens with one attached hydrogen (secondary N) is 1. The largest absolute Gasteiger partial charge is 0.462 e. The molecule has 29 heavy (non-hydrogen) atoms. The fourth-order valence-corrected chi connectivity index (χ4v) is 3.65. The Morgan fingerprint density at radius 3 is 2.69 bits per heavy atom. The number of fused-ring (bicyclic) bond motifs is 2. The van der Waals surface area contributed by atoms with Crippen LogP contribution in [-0.2, 0) is 11.8 Å². The minimum absolute atomic E-state index is 0.0219. The lowest BCUT2D eigenvalue weighted by molar-refractivity contribution is 0.0524. The molecule has 0 amide bonds. The summed E-state index contributed by atoms with van der Waals surface area (Å²) in [7, 11) is 1.60. The third-order valence-electron chi connectivity index (χ3n) is 5.03. The number of aryl methyl sites for hydroxylation is 1. The first-order valence-electron chi connectivity index (χ1n) is 9.37. The van der Waals surface area contributed by atoms with Gasteiger partial charge in [-0.3, -0.25) is 4.79 Å². The fourth-order valence-electron chi connectivity index (χ4n) is 3.65. The van der Waals surface area contributed by atoms with Gasteiger partial charge in [-0.1, -0.05) is 0 Å². The zero-order chi connectivity index (χ0) is 20.7. The lowest BCUT2D eigenvalue weighted by Crippen LogP contribution is -2.44. The van der Waals surface area contributed by atoms with Crippen molar-refractivity contribution < 1.29 is 18.3 Å². The summed E-state index contributed by atoms with van der Waals surface area (Å²) in [6.45, 7) is 3.99. The quantitative estimate of drug-likeness (QED) is 0.533. The number of rotatable bonds is 3. The number of piperazine rings is 1. The molecule has 0 spiro atoms. The van der Waals surface area contributed by atoms with Crippen LogP contribution in [0.3, 0.4) is 0 Å². The van der Waals surface area contributed by atoms with Crippen LogP contribution in [0.2, 0.25) is 0 Å². The summed E-state index contributed by atoms with van der Waals surface area (Å²) in [6.07, 6.45) is 1.32. The Kier molecular flexibility index (Phi) is 4.91. The van der Waals surface area contributed by atoms with Crippen LogP contribution < -0.4 is 15.6 Å². The second-order valence-corrected chi connectivity index (χ2v) is 6.89. The van der Waals surface area contributed by atoms with Crippen molar-refractivity contribution in [3.63, 3.8) is 0 Å². The molecule has 3 aromatic rings. The first-order chi connectivity index (χ1) is 13.9. The Bertz CT molecular complexity index is 1190. The number of ether oxygens (including phenoxy) is 1. The molecule has 1 aliphatic rings. The van der Waals surface area contributed by atoms with E-state index in [9.17, 15) is 14.0 Å². The highest BCUT2D eigenvalue weighted by molar-refractivity contribution is 5.97. The van der Waals surface area contributed by atoms with E-state index in [1.807, 2.05) is 0 Å². The maximum absolute atomic E-state index is 15.3. The molecule has 1 N–H and O–H groups in total. The Balaban J connectivity index is 1.96. The Labute approximate surface area is 164 Å². The Hall–Kier alpha value is -3.07. The van der Waals surface area contributed by atoms with Crippen LogP contribution in [-0.4, -0.2) is 48.3 Å². The van der Waals surface area contributed by atoms with E-state index in [2.05, 4.69) is 10.3 Å². The monoisotopic (exact) mass is 402 g/mol. The molecule has 1 saturated heterocycles. The summed E-state index contributed by atoms with van der Waals surface area (Å²) >= 11 is 0. The van der Waals surface area contributed by atoms with Gasteiger partial charge in [0.25, 0.3) is 0 Å². The van der Waals surface area contributed by atoms with Gasteiger partial charge in [0.15, 0.2) is 5.82 Å². The first-order valence-corrected chi connectivity index (χ1v) is 9.37. The van der Waals surface area contributed by atoms with Crippen molar-refractivity contribution >= 4 is 33.6 Å². The molecule has 0 aliphatic carbocycles. The first kappa shape index (κ1) is 19.3. The third kappa shape index (κ3) is 3.21. The second kappa shape index (κ2) is 7.40. The molecule has 2 aromatic heterocycles. The maximum atomic E-state index is 15.3. The predicted octanol–water partition coefficient (Wildman–Crippen LogP) is 1.95. The molecule has 0 saturated carbocycles. The van der Waals surface area contributed by atoms with E-state index in [-0.39, 0.29) is 39.8 Å². The summed E-state index contributed by atoms with van der Waals surface area (Å²) < 4.78 is 36.4. The maximum Gasteiger partial charge on any atom is 0.343 e. The number of hydrogen-bond acceptors (Lipinski definition) is 6. The number of benzene rings is 1. The SMILES string of the molecule is CCOC(=O)c1cn(C)c2nc3c(F)c(N4CCNCC4)c(F)cc3cc2c1=O. The van der Waals surface area contributed by atoms with E-state index in [0.29, 0.717) is 26.2 Å². The molecule has 0 radical (unpaired) electrons. The van der Waals surface area contributed by atoms with Crippen LogP contribution in [0.1, 0.15) is 17.3 Å². The molecule has 1 fully saturated rings. The van der Waals surface area contributed by atoms with Crippen molar-refractivity contribution in [2.24, 2.45) is 7.05 Å². The average Bonchev–Trinajstić information content (AvgIpc) is 2.71. The molecule has 0 atom stereocenters. The summed E-state index contributed by atoms with van der Waals surface area (Å²) in [6, 6.07) is 2.55. The Morgan fingerprint density at radius 1 is 1.28 bits per heavy atom. The number of carbonyl (C=O) groups excluding carboxylic acids is 1. The number of pyridine rings is 2. The smallest absolute Gasteiger partial charge is 0.343 e. The number of halogens is 2. The van der Waals surface area contributed by atoms with Crippen LogP contribution in [0.15, 0.2) is 23.1 Å². The van der Waals surface area contributed by atoms with Crippen molar-refractivity contribution in [3.8, 4) is 0 Å². The highest BCUT2D eigenvalue weighted by Crippen LogP contribution is 2.31. The van der Waals surface area contributed by atoms with Gasteiger partial charge in [0.05, 0.1) is 12.0 Å². The summed E-state index contributed by atoms with van der Waals surface area (Å²) in [4.78, 5) is 30.8. The number of carbonyl (C=O) groups is 1. The normalized spacial score (nSPS) is 14.6. The standard InChI is InChI=1S/C20H20F2N4O3/c1-3-29-20(28)13-10-25(2)19-12(18(13)27)8-11-9-14(21)17(15(22)16(11)24-19)26-6-4-23-5-7-26/h8-10,23H,3-7H2,1-2H3. The second-order valence-electron chi connectivity index (χ2n) is 6.89. The molecule has 9 heteroatoms. The number of hydrogen-bond donors (Lipinski definition) is 1. The van der Waals surface area contributed by atoms with Gasteiger partial charge in [0.1, 0.15) is 28.2 Å². The number of anilines is 1. The van der Waals surface area contributed by atoms with Crippen LogP contribution in [0, 0.1) is 11.6 Å². The number of aromatic nitrogens is 2. The summed E-state index contributed by atoms with van der Waals surface area (Å²) in [5, 5.41) is 3.40. The van der Waals surface area contributed by atoms with Gasteiger partial charge < -0.3 is 19.5 Å². The van der Waals surface area contributed by atoms with Gasteiger partial charge in [-0.2, -0.15) is 0 Å². The van der Waals surface area contributed by atoms with E-state index in [0.717, 1.165) is 0 Å². The third-order valence-corrected chi connectivity index (χ3v) is 5.03. The van der Waals surface area contributed by atoms with Gasteiger partial charge in [0, 0.05) is 44.8 Å². The average molecular weight is 402 g/mol. The van der Waals surface area contributed by atoms with E-state index in [1.165, 1.54) is 22.9 Å². The van der Waals surface area contributed by atoms with Gasteiger partial charge >= 0.3 is 5.97 Å². The zero-order valence-electron chi connectivity index (χ0n) is 16.1. The zero-order valence-corrected chi connectivity index (χ0v) is 16.1. The topological polar surface area (TPSA) is 76.5 Å². The molecular weight excluding hydrogens is 382 g/mol. The van der Waals surface area contributed by atoms with Gasteiger partial charge in [-0.05, 0) is 19.1 Å². The molecule has 1 aromatic carbocycles. The molecule has 1 aliphatic heterocycles. The van der Waals surface area contributed by atoms with E-state index >= 15 is 4.39 Å². The molecule has 152 valence electrons. The molecule has 4 rings (SSSR count). The fraction of sp³-hybridized carbons (Fsp3) is 0.350. The lowest BCUT2D eigenvalue weighted by Gasteiger charge is -2.30. The van der Waals surface area contributed by atoms with Crippen molar-refractivity contribution in [1.82, 2.24) is 14.9 Å². The van der Waals surface area contributed by atoms with Gasteiger partial charge in [-0.15, -0.1) is 0 Å². The minimum atomic E-state index is -0.759. The number of esters is 1. The van der Waals surface area contributed by atoms with Crippen molar-refractivity contribution in [2.45, 2.75) is 6.92 Å². The highest BCUT2D eigenvalue weighted by Gasteiger charge is 2.24. The Morgan fingerprint density at radius 2 is 2.00 bits per heavy atom. The van der Waals surface area contributed by atoms with E-state index < -0.39 is 23.0 Å². The molecule has 7 nitrogen and oxygen atoms in total. The number of nitrogens with zero attached hydrogens (tertiary/aromatic N) is 3. The van der Waals surface area contributed by atoms with E-state index in [1.54, 1.807) is 18.9 Å². The van der Waals surface area contributed by atoms with Crippen LogP contribution in [0.25, 0.3) is 21.9 Å². The van der Waals surface area contributed by atoms with Crippen molar-refractivity contribution in [1.29, 1.82) is 0 Å².